The van der Waals surface area contributed by atoms with Gasteiger partial charge < -0.3 is 14.6 Å². The fraction of sp³-hybridized carbons (Fsp3) is 0.355. The lowest BCUT2D eigenvalue weighted by Crippen LogP contribution is -2.54. The van der Waals surface area contributed by atoms with Crippen molar-refractivity contribution in [1.29, 1.82) is 0 Å². The van der Waals surface area contributed by atoms with Crippen LogP contribution in [0.4, 0.5) is 5.69 Å². The normalized spacial score (nSPS) is 17.7. The van der Waals surface area contributed by atoms with Crippen LogP contribution in [-0.2, 0) is 16.0 Å². The van der Waals surface area contributed by atoms with Gasteiger partial charge in [-0.1, -0.05) is 79.5 Å². The zero-order valence-corrected chi connectivity index (χ0v) is 23.2. The van der Waals surface area contributed by atoms with Gasteiger partial charge in [0, 0.05) is 47.7 Å². The minimum atomic E-state index is -1.41. The highest BCUT2D eigenvalue weighted by atomic mass is 16.5. The first-order chi connectivity index (χ1) is 20.1. The van der Waals surface area contributed by atoms with Gasteiger partial charge in [-0.05, 0) is 41.8 Å². The van der Waals surface area contributed by atoms with Crippen molar-refractivity contribution in [2.45, 2.75) is 50.7 Å². The summed E-state index contributed by atoms with van der Waals surface area (Å²) in [5.41, 5.74) is 16.3. The molecule has 1 amide bonds. The van der Waals surface area contributed by atoms with Gasteiger partial charge in [0.05, 0.1) is 6.61 Å². The van der Waals surface area contributed by atoms with Crippen LogP contribution in [0.5, 0.6) is 5.75 Å². The van der Waals surface area contributed by atoms with E-state index in [1.54, 1.807) is 30.3 Å². The van der Waals surface area contributed by atoms with E-state index < -0.39 is 11.6 Å². The average Bonchev–Trinajstić information content (AvgIpc) is 3.38. The van der Waals surface area contributed by atoms with Crippen molar-refractivity contribution < 1.29 is 19.4 Å². The van der Waals surface area contributed by atoms with Crippen LogP contribution in [0.3, 0.4) is 0 Å². The number of benzene rings is 3. The molecule has 0 bridgehead atoms. The van der Waals surface area contributed by atoms with Crippen LogP contribution in [0.1, 0.15) is 55.4 Å². The number of unbranched alkanes of at least 4 members (excludes halogenated alkanes) is 2. The molecule has 0 aromatic heterocycles. The third-order valence-corrected chi connectivity index (χ3v) is 6.83. The SMILES string of the molecule is CCCCCNNC(=O)[C@@]1(Cc2ccccc2)N=C(c2ccc(OCCCO)cc2)O[C@H]1c1ccccc1N=[N+]=[N-]. The van der Waals surface area contributed by atoms with Crippen molar-refractivity contribution >= 4 is 17.5 Å². The summed E-state index contributed by atoms with van der Waals surface area (Å²) in [5, 5.41) is 12.9. The molecular weight excluding hydrogens is 520 g/mol. The van der Waals surface area contributed by atoms with Gasteiger partial charge in [0.15, 0.2) is 11.6 Å². The number of hydrogen-bond acceptors (Lipinski definition) is 7. The molecule has 4 rings (SSSR count). The number of nitrogens with one attached hydrogen (secondary N) is 2. The fourth-order valence-corrected chi connectivity index (χ4v) is 4.73. The Morgan fingerprint density at radius 3 is 2.56 bits per heavy atom. The number of ether oxygens (including phenoxy) is 2. The lowest BCUT2D eigenvalue weighted by Gasteiger charge is -2.31. The van der Waals surface area contributed by atoms with Crippen LogP contribution in [0.25, 0.3) is 10.4 Å². The number of azide groups is 1. The van der Waals surface area contributed by atoms with Crippen molar-refractivity contribution in [2.24, 2.45) is 10.1 Å². The highest BCUT2D eigenvalue weighted by Crippen LogP contribution is 2.45. The minimum Gasteiger partial charge on any atom is -0.494 e. The first-order valence-corrected chi connectivity index (χ1v) is 13.9. The molecule has 0 radical (unpaired) electrons. The van der Waals surface area contributed by atoms with Crippen LogP contribution >= 0.6 is 0 Å². The number of rotatable bonds is 15. The summed E-state index contributed by atoms with van der Waals surface area (Å²) in [6.45, 7) is 3.20. The van der Waals surface area contributed by atoms with E-state index in [9.17, 15) is 10.3 Å². The summed E-state index contributed by atoms with van der Waals surface area (Å²) in [5.74, 6) is 0.595. The Morgan fingerprint density at radius 1 is 1.07 bits per heavy atom. The maximum Gasteiger partial charge on any atom is 0.266 e. The number of hydrogen-bond donors (Lipinski definition) is 3. The van der Waals surface area contributed by atoms with E-state index in [0.717, 1.165) is 24.8 Å². The molecule has 10 heteroatoms. The predicted molar refractivity (Wildman–Crippen MR) is 158 cm³/mol. The maximum atomic E-state index is 14.1. The predicted octanol–water partition coefficient (Wildman–Crippen LogP) is 5.70. The minimum absolute atomic E-state index is 0.0560. The van der Waals surface area contributed by atoms with E-state index in [2.05, 4.69) is 27.8 Å². The Balaban J connectivity index is 1.76. The molecule has 0 aliphatic carbocycles. The first kappa shape index (κ1) is 29.6. The number of aliphatic imine (C=N–C) groups is 1. The molecule has 1 heterocycles. The summed E-state index contributed by atoms with van der Waals surface area (Å²) in [7, 11) is 0. The highest BCUT2D eigenvalue weighted by Gasteiger charge is 2.53. The lowest BCUT2D eigenvalue weighted by atomic mass is 9.81. The smallest absolute Gasteiger partial charge is 0.266 e. The first-order valence-electron chi connectivity index (χ1n) is 13.9. The van der Waals surface area contributed by atoms with E-state index in [0.29, 0.717) is 48.0 Å². The number of carbonyl (C=O) groups is 1. The van der Waals surface area contributed by atoms with Gasteiger partial charge in [0.1, 0.15) is 5.75 Å². The molecule has 41 heavy (non-hydrogen) atoms. The van der Waals surface area contributed by atoms with Crippen molar-refractivity contribution in [2.75, 3.05) is 19.8 Å². The number of carbonyl (C=O) groups excluding carboxylic acids is 1. The summed E-state index contributed by atoms with van der Waals surface area (Å²) < 4.78 is 12.2. The third-order valence-electron chi connectivity index (χ3n) is 6.83. The molecule has 0 saturated carbocycles. The topological polar surface area (TPSA) is 141 Å². The standard InChI is InChI=1S/C31H36N6O4/c1-2-3-9-19-33-36-30(39)31(22-23-11-5-4-6-12-23)28(26-13-7-8-14-27(26)35-37-32)41-29(34-31)24-15-17-25(18-16-24)40-21-10-20-38/h4-8,11-18,28,33,38H,2-3,9-10,19-22H2,1H3,(H,36,39)/t28-,31-/m0/s1. The van der Waals surface area contributed by atoms with Crippen LogP contribution in [-0.4, -0.2) is 42.2 Å². The van der Waals surface area contributed by atoms with Gasteiger partial charge >= 0.3 is 0 Å². The summed E-state index contributed by atoms with van der Waals surface area (Å²) in [4.78, 5) is 22.1. The Hall–Kier alpha value is -4.37. The molecule has 1 aliphatic rings. The molecule has 2 atom stereocenters. The fourth-order valence-electron chi connectivity index (χ4n) is 4.73. The molecule has 10 nitrogen and oxygen atoms in total. The van der Waals surface area contributed by atoms with Gasteiger partial charge in [-0.15, -0.1) is 0 Å². The summed E-state index contributed by atoms with van der Waals surface area (Å²) >= 11 is 0. The molecule has 0 unspecified atom stereocenters. The van der Waals surface area contributed by atoms with Crippen molar-refractivity contribution in [3.63, 3.8) is 0 Å². The second-order valence-corrected chi connectivity index (χ2v) is 9.79. The Morgan fingerprint density at radius 2 is 1.83 bits per heavy atom. The van der Waals surface area contributed by atoms with E-state index in [1.165, 1.54) is 0 Å². The molecule has 0 spiro atoms. The van der Waals surface area contributed by atoms with Crippen molar-refractivity contribution in [1.82, 2.24) is 10.9 Å². The number of aliphatic hydroxyl groups excluding tert-OH is 1. The largest absolute Gasteiger partial charge is 0.494 e. The van der Waals surface area contributed by atoms with E-state index in [4.69, 9.17) is 19.6 Å². The number of amides is 1. The van der Waals surface area contributed by atoms with Crippen molar-refractivity contribution in [3.8, 4) is 5.75 Å². The molecule has 214 valence electrons. The van der Waals surface area contributed by atoms with Gasteiger partial charge in [0.25, 0.3) is 5.91 Å². The molecule has 3 N–H and O–H groups in total. The molecular formula is C31H36N6O4. The zero-order chi connectivity index (χ0) is 28.9. The van der Waals surface area contributed by atoms with Crippen LogP contribution in [0.15, 0.2) is 89.0 Å². The lowest BCUT2D eigenvalue weighted by molar-refractivity contribution is -0.130. The Bertz CT molecular complexity index is 1360. The summed E-state index contributed by atoms with van der Waals surface area (Å²) in [6.07, 6.45) is 2.94. The zero-order valence-electron chi connectivity index (χ0n) is 23.2. The quantitative estimate of drug-likeness (QED) is 0.0724. The second kappa shape index (κ2) is 14.9. The molecule has 0 fully saturated rings. The molecule has 0 saturated heterocycles. The monoisotopic (exact) mass is 556 g/mol. The Kier molecular flexibility index (Phi) is 10.7. The van der Waals surface area contributed by atoms with Gasteiger partial charge in [-0.3, -0.25) is 10.2 Å². The number of hydrazine groups is 1. The third kappa shape index (κ3) is 7.43. The average molecular weight is 557 g/mol. The molecule has 1 aliphatic heterocycles. The van der Waals surface area contributed by atoms with Crippen molar-refractivity contribution in [3.05, 3.63) is 106 Å². The van der Waals surface area contributed by atoms with Crippen LogP contribution in [0, 0.1) is 0 Å². The number of aliphatic hydroxyl groups is 1. The molecule has 3 aromatic rings. The summed E-state index contributed by atoms with van der Waals surface area (Å²) in [6, 6.07) is 24.0. The van der Waals surface area contributed by atoms with E-state index in [-0.39, 0.29) is 18.9 Å². The number of nitrogens with zero attached hydrogens (tertiary/aromatic N) is 4. The van der Waals surface area contributed by atoms with E-state index >= 15 is 0 Å². The van der Waals surface area contributed by atoms with E-state index in [1.807, 2.05) is 48.5 Å². The maximum absolute atomic E-state index is 14.1. The highest BCUT2D eigenvalue weighted by molar-refractivity contribution is 6.01. The van der Waals surface area contributed by atoms with Gasteiger partial charge in [-0.25, -0.2) is 10.4 Å². The van der Waals surface area contributed by atoms with Crippen LogP contribution < -0.4 is 15.6 Å². The van der Waals surface area contributed by atoms with Gasteiger partial charge in [0.2, 0.25) is 5.90 Å². The molecule has 3 aromatic carbocycles. The Labute approximate surface area is 240 Å². The second-order valence-electron chi connectivity index (χ2n) is 9.79. The van der Waals surface area contributed by atoms with Crippen LogP contribution in [0.2, 0.25) is 0 Å². The van der Waals surface area contributed by atoms with Gasteiger partial charge in [-0.2, -0.15) is 0 Å².